The molecule has 1 aromatic carbocycles. The van der Waals surface area contributed by atoms with Gasteiger partial charge >= 0.3 is 5.69 Å². The Bertz CT molecular complexity index is 1490. The first kappa shape index (κ1) is 23.5. The fourth-order valence-electron chi connectivity index (χ4n) is 4.49. The lowest BCUT2D eigenvalue weighted by Crippen LogP contribution is -2.26. The summed E-state index contributed by atoms with van der Waals surface area (Å²) in [5, 5.41) is 14.4. The molecule has 0 amide bonds. The SMILES string of the molecule is CCCCc1cn(-c2cccn2C(C)C)c(=O)n1Cc1ccc(-c2ccccc2-c2nn[nH]n2)cn1. The fourth-order valence-corrected chi connectivity index (χ4v) is 4.49. The Balaban J connectivity index is 1.47. The van der Waals surface area contributed by atoms with Gasteiger partial charge in [0.05, 0.1) is 12.2 Å². The number of nitrogens with zero attached hydrogens (tertiary/aromatic N) is 7. The molecule has 0 atom stereocenters. The van der Waals surface area contributed by atoms with Gasteiger partial charge in [0, 0.05) is 41.5 Å². The lowest BCUT2D eigenvalue weighted by atomic mass is 10.0. The minimum Gasteiger partial charge on any atom is -0.332 e. The average Bonchev–Trinajstić information content (AvgIpc) is 3.65. The van der Waals surface area contributed by atoms with Crippen LogP contribution in [0.2, 0.25) is 0 Å². The molecule has 4 heterocycles. The first-order valence-electron chi connectivity index (χ1n) is 12.3. The number of hydrogen-bond donors (Lipinski definition) is 1. The van der Waals surface area contributed by atoms with Crippen LogP contribution in [0.15, 0.2) is 71.9 Å². The second-order valence-electron chi connectivity index (χ2n) is 9.15. The molecule has 4 aromatic heterocycles. The van der Waals surface area contributed by atoms with Crippen LogP contribution in [0.25, 0.3) is 28.3 Å². The maximum absolute atomic E-state index is 13.6. The van der Waals surface area contributed by atoms with Crippen molar-refractivity contribution in [2.45, 2.75) is 52.6 Å². The molecular formula is C27H30N8O. The van der Waals surface area contributed by atoms with Crippen LogP contribution in [0.1, 0.15) is 51.0 Å². The monoisotopic (exact) mass is 482 g/mol. The minimum atomic E-state index is -0.0463. The summed E-state index contributed by atoms with van der Waals surface area (Å²) >= 11 is 0. The summed E-state index contributed by atoms with van der Waals surface area (Å²) in [6, 6.07) is 16.1. The van der Waals surface area contributed by atoms with E-state index in [2.05, 4.69) is 46.0 Å². The second-order valence-corrected chi connectivity index (χ2v) is 9.15. The van der Waals surface area contributed by atoms with E-state index in [9.17, 15) is 4.79 Å². The smallest absolute Gasteiger partial charge is 0.332 e. The number of imidazole rings is 1. The van der Waals surface area contributed by atoms with Crippen LogP contribution < -0.4 is 5.69 Å². The molecule has 184 valence electrons. The van der Waals surface area contributed by atoms with Crippen molar-refractivity contribution in [3.05, 3.63) is 89.0 Å². The maximum Gasteiger partial charge on any atom is 0.334 e. The maximum atomic E-state index is 13.6. The van der Waals surface area contributed by atoms with E-state index in [-0.39, 0.29) is 11.7 Å². The van der Waals surface area contributed by atoms with Crippen molar-refractivity contribution in [2.24, 2.45) is 0 Å². The van der Waals surface area contributed by atoms with Gasteiger partial charge in [0.1, 0.15) is 5.82 Å². The number of aromatic nitrogens is 8. The van der Waals surface area contributed by atoms with Crippen LogP contribution in [-0.4, -0.2) is 39.3 Å². The van der Waals surface area contributed by atoms with E-state index in [4.69, 9.17) is 4.98 Å². The van der Waals surface area contributed by atoms with Crippen LogP contribution in [0.3, 0.4) is 0 Å². The summed E-state index contributed by atoms with van der Waals surface area (Å²) in [7, 11) is 0. The first-order valence-corrected chi connectivity index (χ1v) is 12.3. The van der Waals surface area contributed by atoms with Gasteiger partial charge in [-0.05, 0) is 55.7 Å². The molecule has 0 aliphatic heterocycles. The van der Waals surface area contributed by atoms with Crippen molar-refractivity contribution in [3.63, 3.8) is 0 Å². The highest BCUT2D eigenvalue weighted by Gasteiger charge is 2.17. The summed E-state index contributed by atoms with van der Waals surface area (Å²) in [5.41, 5.74) is 4.60. The number of tetrazole rings is 1. The van der Waals surface area contributed by atoms with E-state index in [0.717, 1.165) is 53.2 Å². The molecule has 5 aromatic rings. The largest absolute Gasteiger partial charge is 0.334 e. The summed E-state index contributed by atoms with van der Waals surface area (Å²) in [4.78, 5) is 18.3. The van der Waals surface area contributed by atoms with Crippen LogP contribution in [0.5, 0.6) is 0 Å². The van der Waals surface area contributed by atoms with Gasteiger partial charge in [-0.25, -0.2) is 4.79 Å². The molecule has 0 aliphatic carbocycles. The number of H-pyrrole nitrogens is 1. The topological polar surface area (TPSA) is 99.2 Å². The first-order chi connectivity index (χ1) is 17.6. The van der Waals surface area contributed by atoms with Crippen molar-refractivity contribution < 1.29 is 0 Å². The average molecular weight is 483 g/mol. The Morgan fingerprint density at radius 3 is 2.56 bits per heavy atom. The van der Waals surface area contributed by atoms with Crippen molar-refractivity contribution in [3.8, 4) is 28.3 Å². The normalized spacial score (nSPS) is 11.4. The Morgan fingerprint density at radius 2 is 1.86 bits per heavy atom. The molecule has 0 unspecified atom stereocenters. The van der Waals surface area contributed by atoms with Crippen LogP contribution in [-0.2, 0) is 13.0 Å². The van der Waals surface area contributed by atoms with E-state index in [1.807, 2.05) is 71.7 Å². The third kappa shape index (κ3) is 4.51. The number of benzene rings is 1. The van der Waals surface area contributed by atoms with Crippen molar-refractivity contribution >= 4 is 0 Å². The van der Waals surface area contributed by atoms with Gasteiger partial charge in [0.2, 0.25) is 5.82 Å². The lowest BCUT2D eigenvalue weighted by molar-refractivity contribution is 0.583. The molecule has 0 fully saturated rings. The molecule has 36 heavy (non-hydrogen) atoms. The van der Waals surface area contributed by atoms with Crippen LogP contribution in [0.4, 0.5) is 0 Å². The quantitative estimate of drug-likeness (QED) is 0.330. The van der Waals surface area contributed by atoms with Gasteiger partial charge in [0.25, 0.3) is 0 Å². The van der Waals surface area contributed by atoms with Crippen LogP contribution >= 0.6 is 0 Å². The predicted octanol–water partition coefficient (Wildman–Crippen LogP) is 4.65. The third-order valence-electron chi connectivity index (χ3n) is 6.38. The lowest BCUT2D eigenvalue weighted by Gasteiger charge is -2.12. The van der Waals surface area contributed by atoms with E-state index in [0.29, 0.717) is 12.4 Å². The van der Waals surface area contributed by atoms with Gasteiger partial charge in [-0.1, -0.05) is 43.7 Å². The highest BCUT2D eigenvalue weighted by Crippen LogP contribution is 2.29. The number of rotatable bonds is 9. The molecule has 9 nitrogen and oxygen atoms in total. The predicted molar refractivity (Wildman–Crippen MR) is 139 cm³/mol. The number of pyridine rings is 1. The third-order valence-corrected chi connectivity index (χ3v) is 6.38. The van der Waals surface area contributed by atoms with Crippen LogP contribution in [0, 0.1) is 0 Å². The molecule has 0 radical (unpaired) electrons. The highest BCUT2D eigenvalue weighted by molar-refractivity contribution is 5.79. The van der Waals surface area contributed by atoms with Gasteiger partial charge in [-0.3, -0.25) is 14.1 Å². The highest BCUT2D eigenvalue weighted by atomic mass is 16.1. The molecular weight excluding hydrogens is 452 g/mol. The number of unbranched alkanes of at least 4 members (excludes halogenated alkanes) is 1. The summed E-state index contributed by atoms with van der Waals surface area (Å²) < 4.78 is 5.73. The Morgan fingerprint density at radius 1 is 1.03 bits per heavy atom. The molecule has 0 saturated heterocycles. The van der Waals surface area contributed by atoms with E-state index in [1.54, 1.807) is 4.57 Å². The van der Waals surface area contributed by atoms with Gasteiger partial charge < -0.3 is 4.57 Å². The second kappa shape index (κ2) is 10.2. The van der Waals surface area contributed by atoms with Gasteiger partial charge in [-0.2, -0.15) is 5.21 Å². The number of hydrogen-bond acceptors (Lipinski definition) is 5. The Hall–Kier alpha value is -4.27. The molecule has 5 rings (SSSR count). The number of aryl methyl sites for hydroxylation is 1. The zero-order valence-corrected chi connectivity index (χ0v) is 20.8. The molecule has 9 heteroatoms. The van der Waals surface area contributed by atoms with Gasteiger partial charge in [-0.15, -0.1) is 10.2 Å². The Labute approximate surface area is 209 Å². The Kier molecular flexibility index (Phi) is 6.62. The standard InChI is InChI=1S/C27H30N8O/c1-4-5-9-22-18-35(25-12-8-15-33(25)19(2)3)27(36)34(22)17-21-14-13-20(16-28-21)23-10-6-7-11-24(23)26-29-31-32-30-26/h6-8,10-16,18-19H,4-5,9,17H2,1-3H3,(H,29,30,31,32). The van der Waals surface area contributed by atoms with Crippen molar-refractivity contribution in [1.29, 1.82) is 0 Å². The minimum absolute atomic E-state index is 0.0463. The number of nitrogens with one attached hydrogen (secondary N) is 1. The zero-order valence-electron chi connectivity index (χ0n) is 20.8. The number of aromatic amines is 1. The molecule has 0 bridgehead atoms. The van der Waals surface area contributed by atoms with E-state index in [1.165, 1.54) is 0 Å². The zero-order chi connectivity index (χ0) is 25.1. The molecule has 0 saturated carbocycles. The molecule has 0 spiro atoms. The summed E-state index contributed by atoms with van der Waals surface area (Å²) in [6.45, 7) is 6.81. The fraction of sp³-hybridized carbons (Fsp3) is 0.296. The van der Waals surface area contributed by atoms with Crippen molar-refractivity contribution in [2.75, 3.05) is 0 Å². The molecule has 0 aliphatic rings. The van der Waals surface area contributed by atoms with E-state index < -0.39 is 0 Å². The molecule has 1 N–H and O–H groups in total. The van der Waals surface area contributed by atoms with Crippen molar-refractivity contribution in [1.82, 2.24) is 39.3 Å². The summed E-state index contributed by atoms with van der Waals surface area (Å²) in [6.07, 6.45) is 8.77. The van der Waals surface area contributed by atoms with E-state index >= 15 is 0 Å². The van der Waals surface area contributed by atoms with Gasteiger partial charge in [0.15, 0.2) is 0 Å². The summed E-state index contributed by atoms with van der Waals surface area (Å²) in [5.74, 6) is 1.42.